The van der Waals surface area contributed by atoms with Crippen LogP contribution in [-0.2, 0) is 0 Å². The maximum Gasteiger partial charge on any atom is 0.200 e. The molecule has 0 fully saturated rings. The van der Waals surface area contributed by atoms with Gasteiger partial charge in [-0.3, -0.25) is 9.59 Å². The van der Waals surface area contributed by atoms with Crippen LogP contribution in [-0.4, -0.2) is 40.2 Å². The number of hydrogen-bond donors (Lipinski definition) is 2. The lowest BCUT2D eigenvalue weighted by molar-refractivity contribution is 0.0981. The Morgan fingerprint density at radius 1 is 1.16 bits per heavy atom. The van der Waals surface area contributed by atoms with Crippen molar-refractivity contribution in [3.63, 3.8) is 0 Å². The quantitative estimate of drug-likeness (QED) is 0.871. The van der Waals surface area contributed by atoms with Crippen molar-refractivity contribution in [1.82, 2.24) is 0 Å². The third-order valence-corrected chi connectivity index (χ3v) is 4.27. The molecule has 0 saturated heterocycles. The van der Waals surface area contributed by atoms with E-state index in [1.807, 2.05) is 0 Å². The summed E-state index contributed by atoms with van der Waals surface area (Å²) in [7, 11) is 0. The Morgan fingerprint density at radius 3 is 2.32 bits per heavy atom. The number of aliphatic hydroxyl groups excluding tert-OH is 2. The molecular formula is C14H14O4S. The van der Waals surface area contributed by atoms with Gasteiger partial charge in [-0.2, -0.15) is 0 Å². The summed E-state index contributed by atoms with van der Waals surface area (Å²) < 4.78 is 0. The van der Waals surface area contributed by atoms with Gasteiger partial charge in [-0.15, -0.1) is 11.8 Å². The second-order valence-electron chi connectivity index (χ2n) is 4.31. The Balaban J connectivity index is 2.32. The number of allylic oxidation sites excluding steroid dienone is 2. The minimum atomic E-state index is -0.898. The molecule has 0 spiro atoms. The Morgan fingerprint density at radius 2 is 1.74 bits per heavy atom. The summed E-state index contributed by atoms with van der Waals surface area (Å²) in [6.45, 7) is 1.25. The number of hydrogen-bond acceptors (Lipinski definition) is 5. The number of fused-ring (bicyclic) bond motifs is 1. The lowest BCUT2D eigenvalue weighted by atomic mass is 9.90. The van der Waals surface area contributed by atoms with Crippen LogP contribution < -0.4 is 0 Å². The van der Waals surface area contributed by atoms with Crippen molar-refractivity contribution in [3.05, 3.63) is 45.9 Å². The van der Waals surface area contributed by atoms with E-state index < -0.39 is 6.10 Å². The zero-order chi connectivity index (χ0) is 14.0. The van der Waals surface area contributed by atoms with Crippen molar-refractivity contribution >= 4 is 23.3 Å². The fourth-order valence-electron chi connectivity index (χ4n) is 1.88. The van der Waals surface area contributed by atoms with Crippen LogP contribution in [0.3, 0.4) is 0 Å². The monoisotopic (exact) mass is 278 g/mol. The van der Waals surface area contributed by atoms with Crippen LogP contribution in [0.15, 0.2) is 34.7 Å². The molecule has 100 valence electrons. The Hall–Kier alpha value is -1.43. The second-order valence-corrected chi connectivity index (χ2v) is 5.34. The average molecular weight is 278 g/mol. The van der Waals surface area contributed by atoms with Crippen molar-refractivity contribution in [3.8, 4) is 0 Å². The van der Waals surface area contributed by atoms with Crippen molar-refractivity contribution < 1.29 is 19.8 Å². The first-order valence-electron chi connectivity index (χ1n) is 5.87. The predicted octanol–water partition coefficient (Wildman–Crippen LogP) is 1.43. The van der Waals surface area contributed by atoms with Gasteiger partial charge in [-0.25, -0.2) is 0 Å². The van der Waals surface area contributed by atoms with E-state index in [9.17, 15) is 14.7 Å². The van der Waals surface area contributed by atoms with E-state index in [1.54, 1.807) is 31.2 Å². The molecule has 1 aliphatic rings. The highest BCUT2D eigenvalue weighted by Gasteiger charge is 2.29. The van der Waals surface area contributed by atoms with Crippen molar-refractivity contribution in [2.24, 2.45) is 0 Å². The number of benzene rings is 1. The van der Waals surface area contributed by atoms with Crippen molar-refractivity contribution in [2.45, 2.75) is 13.0 Å². The third-order valence-electron chi connectivity index (χ3n) is 2.93. The molecular weight excluding hydrogens is 264 g/mol. The molecule has 19 heavy (non-hydrogen) atoms. The topological polar surface area (TPSA) is 74.6 Å². The summed E-state index contributed by atoms with van der Waals surface area (Å²) in [5.41, 5.74) is 1.23. The molecule has 0 aliphatic heterocycles. The Kier molecular flexibility index (Phi) is 4.19. The highest BCUT2D eigenvalue weighted by atomic mass is 32.2. The zero-order valence-corrected chi connectivity index (χ0v) is 11.2. The number of thioether (sulfide) groups is 1. The normalized spacial score (nSPS) is 16.6. The van der Waals surface area contributed by atoms with Gasteiger partial charge in [0.25, 0.3) is 0 Å². The summed E-state index contributed by atoms with van der Waals surface area (Å²) in [6, 6.07) is 6.72. The van der Waals surface area contributed by atoms with Gasteiger partial charge in [-0.05, 0) is 6.92 Å². The van der Waals surface area contributed by atoms with Gasteiger partial charge in [0.15, 0.2) is 11.6 Å². The molecule has 1 aromatic rings. The summed E-state index contributed by atoms with van der Waals surface area (Å²) in [4.78, 5) is 24.8. The lowest BCUT2D eigenvalue weighted by Crippen LogP contribution is -2.21. The lowest BCUT2D eigenvalue weighted by Gasteiger charge is -2.19. The molecule has 0 saturated carbocycles. The largest absolute Gasteiger partial charge is 0.394 e. The van der Waals surface area contributed by atoms with E-state index in [0.29, 0.717) is 21.6 Å². The van der Waals surface area contributed by atoms with Crippen LogP contribution in [0.4, 0.5) is 0 Å². The molecule has 0 radical (unpaired) electrons. The van der Waals surface area contributed by atoms with Crippen LogP contribution in [0.25, 0.3) is 0 Å². The summed E-state index contributed by atoms with van der Waals surface area (Å²) in [5, 5.41) is 18.1. The van der Waals surface area contributed by atoms with Crippen LogP contribution in [0.1, 0.15) is 27.6 Å². The Labute approximate surface area is 115 Å². The molecule has 4 nitrogen and oxygen atoms in total. The molecule has 1 atom stereocenters. The van der Waals surface area contributed by atoms with E-state index in [0.717, 1.165) is 11.8 Å². The first-order valence-corrected chi connectivity index (χ1v) is 6.85. The molecule has 1 aliphatic carbocycles. The molecule has 0 amide bonds. The van der Waals surface area contributed by atoms with Gasteiger partial charge in [0.1, 0.15) is 0 Å². The summed E-state index contributed by atoms with van der Waals surface area (Å²) in [6.07, 6.45) is -0.898. The second kappa shape index (κ2) is 5.69. The Bertz CT molecular complexity index is 562. The number of ketones is 2. The van der Waals surface area contributed by atoms with Gasteiger partial charge < -0.3 is 10.2 Å². The highest BCUT2D eigenvalue weighted by Crippen LogP contribution is 2.32. The van der Waals surface area contributed by atoms with E-state index in [1.165, 1.54) is 0 Å². The van der Waals surface area contributed by atoms with E-state index >= 15 is 0 Å². The van der Waals surface area contributed by atoms with Crippen molar-refractivity contribution in [2.75, 3.05) is 12.4 Å². The SMILES string of the molecule is CC1=C(SC[C@H](O)CO)C(=O)c2ccccc2C1=O. The minimum absolute atomic E-state index is 0.156. The molecule has 2 N–H and O–H groups in total. The predicted molar refractivity (Wildman–Crippen MR) is 73.4 cm³/mol. The first kappa shape index (κ1) is 14.0. The van der Waals surface area contributed by atoms with Gasteiger partial charge in [0.05, 0.1) is 17.6 Å². The standard InChI is InChI=1S/C14H14O4S/c1-8-12(17)10-4-2-3-5-11(10)13(18)14(8)19-7-9(16)6-15/h2-5,9,15-16H,6-7H2,1H3/t9-/m1/s1. The maximum atomic E-state index is 12.3. The molecule has 5 heteroatoms. The fourth-order valence-corrected chi connectivity index (χ4v) is 2.90. The molecule has 0 heterocycles. The fraction of sp³-hybridized carbons (Fsp3) is 0.286. The van der Waals surface area contributed by atoms with Crippen LogP contribution >= 0.6 is 11.8 Å². The van der Waals surface area contributed by atoms with Gasteiger partial charge in [0.2, 0.25) is 0 Å². The number of aliphatic hydroxyl groups is 2. The zero-order valence-electron chi connectivity index (χ0n) is 10.4. The summed E-state index contributed by atoms with van der Waals surface area (Å²) >= 11 is 1.11. The van der Waals surface area contributed by atoms with Crippen molar-refractivity contribution in [1.29, 1.82) is 0 Å². The molecule has 1 aromatic carbocycles. The van der Waals surface area contributed by atoms with E-state index in [2.05, 4.69) is 0 Å². The van der Waals surface area contributed by atoms with Gasteiger partial charge in [0, 0.05) is 22.5 Å². The van der Waals surface area contributed by atoms with Crippen LogP contribution in [0, 0.1) is 0 Å². The molecule has 0 bridgehead atoms. The smallest absolute Gasteiger partial charge is 0.200 e. The number of carbonyl (C=O) groups excluding carboxylic acids is 2. The van der Waals surface area contributed by atoms with Crippen LogP contribution in [0.2, 0.25) is 0 Å². The maximum absolute atomic E-state index is 12.3. The van der Waals surface area contributed by atoms with Crippen LogP contribution in [0.5, 0.6) is 0 Å². The number of Topliss-reactive ketones (excluding diaryl/α,β-unsaturated/α-hetero) is 2. The summed E-state index contributed by atoms with van der Waals surface area (Å²) in [5.74, 6) is -0.163. The number of carbonyl (C=O) groups is 2. The molecule has 0 aromatic heterocycles. The van der Waals surface area contributed by atoms with E-state index in [4.69, 9.17) is 5.11 Å². The third kappa shape index (κ3) is 2.63. The highest BCUT2D eigenvalue weighted by molar-refractivity contribution is 8.04. The number of rotatable bonds is 4. The molecule has 2 rings (SSSR count). The van der Waals surface area contributed by atoms with Gasteiger partial charge >= 0.3 is 0 Å². The van der Waals surface area contributed by atoms with Gasteiger partial charge in [-0.1, -0.05) is 24.3 Å². The van der Waals surface area contributed by atoms with E-state index in [-0.39, 0.29) is 23.9 Å². The average Bonchev–Trinajstić information content (AvgIpc) is 2.44. The minimum Gasteiger partial charge on any atom is -0.394 e. The molecule has 0 unspecified atom stereocenters. The first-order chi connectivity index (χ1) is 9.06.